The highest BCUT2D eigenvalue weighted by Gasteiger charge is 1.92. The van der Waals surface area contributed by atoms with Crippen molar-refractivity contribution in [2.24, 2.45) is 0 Å². The van der Waals surface area contributed by atoms with Crippen LogP contribution in [0, 0.1) is 6.07 Å². The predicted molar refractivity (Wildman–Crippen MR) is 51.2 cm³/mol. The van der Waals surface area contributed by atoms with Gasteiger partial charge in [-0.25, -0.2) is 4.98 Å². The van der Waals surface area contributed by atoms with Crippen molar-refractivity contribution in [3.8, 4) is 0 Å². The minimum Gasteiger partial charge on any atom is -0.337 e. The molecule has 0 saturated carbocycles. The van der Waals surface area contributed by atoms with Gasteiger partial charge in [0.15, 0.2) is 0 Å². The van der Waals surface area contributed by atoms with E-state index >= 15 is 0 Å². The van der Waals surface area contributed by atoms with Crippen molar-refractivity contribution in [3.05, 3.63) is 54.6 Å². The molecule has 13 heavy (non-hydrogen) atoms. The molecule has 0 spiro atoms. The smallest absolute Gasteiger partial charge is 0.0946 e. The van der Waals surface area contributed by atoms with Gasteiger partial charge < -0.3 is 4.57 Å². The normalized spacial score (nSPS) is 10.2. The van der Waals surface area contributed by atoms with Crippen LogP contribution in [0.5, 0.6) is 0 Å². The summed E-state index contributed by atoms with van der Waals surface area (Å²) < 4.78 is 2.08. The Morgan fingerprint density at radius 3 is 2.85 bits per heavy atom. The van der Waals surface area contributed by atoms with E-state index in [4.69, 9.17) is 0 Å². The third-order valence-electron chi connectivity index (χ3n) is 2.01. The monoisotopic (exact) mass is 171 g/mol. The highest BCUT2D eigenvalue weighted by atomic mass is 15.0. The lowest BCUT2D eigenvalue weighted by Gasteiger charge is -2.01. The van der Waals surface area contributed by atoms with Gasteiger partial charge in [0, 0.05) is 18.9 Å². The van der Waals surface area contributed by atoms with E-state index in [2.05, 4.69) is 27.8 Å². The Labute approximate surface area is 77.9 Å². The van der Waals surface area contributed by atoms with E-state index in [1.165, 1.54) is 5.56 Å². The number of imidazole rings is 1. The van der Waals surface area contributed by atoms with Crippen LogP contribution in [-0.2, 0) is 13.0 Å². The first-order chi connectivity index (χ1) is 6.45. The standard InChI is InChI=1S/C11H11N2/c1-2-4-11(5-3-1)6-8-13-9-7-12-10-13/h2-5,7,9-10H,6,8H2. The average Bonchev–Trinajstić information content (AvgIpc) is 2.69. The quantitative estimate of drug-likeness (QED) is 0.690. The van der Waals surface area contributed by atoms with Crippen LogP contribution in [0.25, 0.3) is 0 Å². The lowest BCUT2D eigenvalue weighted by Crippen LogP contribution is -1.97. The van der Waals surface area contributed by atoms with Crippen LogP contribution in [0.1, 0.15) is 5.56 Å². The van der Waals surface area contributed by atoms with Gasteiger partial charge in [-0.05, 0) is 18.1 Å². The third-order valence-corrected chi connectivity index (χ3v) is 2.01. The van der Waals surface area contributed by atoms with Crippen LogP contribution in [0.4, 0.5) is 0 Å². The molecule has 0 aliphatic rings. The summed E-state index contributed by atoms with van der Waals surface area (Å²) in [6.45, 7) is 0.990. The number of rotatable bonds is 3. The van der Waals surface area contributed by atoms with E-state index in [0.29, 0.717) is 0 Å². The molecule has 2 nitrogen and oxygen atoms in total. The van der Waals surface area contributed by atoms with Crippen LogP contribution in [0.3, 0.4) is 0 Å². The molecule has 0 fully saturated rings. The van der Waals surface area contributed by atoms with Crippen LogP contribution >= 0.6 is 0 Å². The Morgan fingerprint density at radius 1 is 1.31 bits per heavy atom. The summed E-state index contributed by atoms with van der Waals surface area (Å²) >= 11 is 0. The summed E-state index contributed by atoms with van der Waals surface area (Å²) in [5, 5.41) is 0. The first-order valence-electron chi connectivity index (χ1n) is 4.36. The van der Waals surface area contributed by atoms with Crippen molar-refractivity contribution >= 4 is 0 Å². The summed E-state index contributed by atoms with van der Waals surface area (Å²) in [5.41, 5.74) is 1.34. The lowest BCUT2D eigenvalue weighted by atomic mass is 10.1. The van der Waals surface area contributed by atoms with Gasteiger partial charge in [0.05, 0.1) is 6.33 Å². The number of nitrogens with zero attached hydrogens (tertiary/aromatic N) is 2. The van der Waals surface area contributed by atoms with E-state index in [-0.39, 0.29) is 0 Å². The molecule has 2 aromatic rings. The fourth-order valence-corrected chi connectivity index (χ4v) is 1.27. The lowest BCUT2D eigenvalue weighted by molar-refractivity contribution is 0.696. The van der Waals surface area contributed by atoms with Crippen molar-refractivity contribution in [1.29, 1.82) is 0 Å². The van der Waals surface area contributed by atoms with Crippen molar-refractivity contribution < 1.29 is 0 Å². The van der Waals surface area contributed by atoms with Crippen LogP contribution < -0.4 is 0 Å². The topological polar surface area (TPSA) is 17.8 Å². The molecule has 0 aliphatic heterocycles. The molecule has 0 saturated heterocycles. The second kappa shape index (κ2) is 3.90. The molecule has 0 aliphatic carbocycles. The SMILES string of the molecule is [c]1ccc(CCn2ccnc2)cc1. The second-order valence-electron chi connectivity index (χ2n) is 2.96. The molecule has 0 N–H and O–H groups in total. The van der Waals surface area contributed by atoms with Crippen LogP contribution in [0.15, 0.2) is 43.0 Å². The van der Waals surface area contributed by atoms with Gasteiger partial charge in [-0.3, -0.25) is 0 Å². The molecule has 2 heteroatoms. The maximum absolute atomic E-state index is 3.99. The highest BCUT2D eigenvalue weighted by molar-refractivity contribution is 5.13. The number of aryl methyl sites for hydroxylation is 2. The van der Waals surface area contributed by atoms with Gasteiger partial charge in [-0.15, -0.1) is 0 Å². The summed E-state index contributed by atoms with van der Waals surface area (Å²) in [6, 6.07) is 11.1. The molecule has 1 aromatic carbocycles. The molecule has 1 heterocycles. The van der Waals surface area contributed by atoms with Crippen molar-refractivity contribution in [2.75, 3.05) is 0 Å². The Morgan fingerprint density at radius 2 is 2.15 bits per heavy atom. The molecule has 65 valence electrons. The van der Waals surface area contributed by atoms with E-state index in [9.17, 15) is 0 Å². The number of hydrogen-bond acceptors (Lipinski definition) is 1. The van der Waals surface area contributed by atoms with E-state index < -0.39 is 0 Å². The Bertz CT molecular complexity index is 338. The van der Waals surface area contributed by atoms with Gasteiger partial charge in [-0.2, -0.15) is 0 Å². The second-order valence-corrected chi connectivity index (χ2v) is 2.96. The van der Waals surface area contributed by atoms with Gasteiger partial charge in [0.2, 0.25) is 0 Å². The Balaban J connectivity index is 1.94. The van der Waals surface area contributed by atoms with Gasteiger partial charge in [0.25, 0.3) is 0 Å². The molecule has 0 unspecified atom stereocenters. The zero-order chi connectivity index (χ0) is 8.93. The minimum absolute atomic E-state index is 0.990. The van der Waals surface area contributed by atoms with Gasteiger partial charge >= 0.3 is 0 Å². The minimum atomic E-state index is 0.990. The van der Waals surface area contributed by atoms with E-state index in [1.54, 1.807) is 6.20 Å². The first-order valence-corrected chi connectivity index (χ1v) is 4.36. The summed E-state index contributed by atoms with van der Waals surface area (Å²) in [4.78, 5) is 3.99. The summed E-state index contributed by atoms with van der Waals surface area (Å²) in [5.74, 6) is 0. The zero-order valence-corrected chi connectivity index (χ0v) is 7.35. The van der Waals surface area contributed by atoms with Crippen molar-refractivity contribution in [1.82, 2.24) is 9.55 Å². The first kappa shape index (κ1) is 8.05. The molecule has 1 aromatic heterocycles. The molecule has 1 radical (unpaired) electrons. The Kier molecular flexibility index (Phi) is 2.41. The maximum Gasteiger partial charge on any atom is 0.0946 e. The van der Waals surface area contributed by atoms with Gasteiger partial charge in [0.1, 0.15) is 0 Å². The zero-order valence-electron chi connectivity index (χ0n) is 7.35. The van der Waals surface area contributed by atoms with Crippen LogP contribution in [-0.4, -0.2) is 9.55 Å². The number of benzene rings is 1. The molecule has 2 rings (SSSR count). The Hall–Kier alpha value is -1.57. The number of aromatic nitrogens is 2. The van der Waals surface area contributed by atoms with E-state index in [1.807, 2.05) is 24.7 Å². The van der Waals surface area contributed by atoms with Crippen molar-refractivity contribution in [3.63, 3.8) is 0 Å². The fourth-order valence-electron chi connectivity index (χ4n) is 1.27. The summed E-state index contributed by atoms with van der Waals surface area (Å²) in [7, 11) is 0. The largest absolute Gasteiger partial charge is 0.337 e. The highest BCUT2D eigenvalue weighted by Crippen LogP contribution is 2.00. The molecular formula is C11H11N2. The van der Waals surface area contributed by atoms with E-state index in [0.717, 1.165) is 13.0 Å². The molecule has 0 bridgehead atoms. The average molecular weight is 171 g/mol. The third kappa shape index (κ3) is 2.18. The van der Waals surface area contributed by atoms with Crippen LogP contribution in [0.2, 0.25) is 0 Å². The van der Waals surface area contributed by atoms with Gasteiger partial charge in [-0.1, -0.05) is 24.3 Å². The molecule has 0 atom stereocenters. The predicted octanol–water partition coefficient (Wildman–Crippen LogP) is 1.93. The van der Waals surface area contributed by atoms with Crippen molar-refractivity contribution in [2.45, 2.75) is 13.0 Å². The maximum atomic E-state index is 3.99. The summed E-state index contributed by atoms with van der Waals surface area (Å²) in [6.07, 6.45) is 6.67. The molecule has 0 amide bonds. The number of hydrogen-bond donors (Lipinski definition) is 0. The fraction of sp³-hybridized carbons (Fsp3) is 0.182. The molecular weight excluding hydrogens is 160 g/mol.